The van der Waals surface area contributed by atoms with Gasteiger partial charge in [0.1, 0.15) is 12.4 Å². The van der Waals surface area contributed by atoms with Crippen LogP contribution in [0.1, 0.15) is 45.2 Å². The number of benzene rings is 1. The maximum Gasteiger partial charge on any atom is 0.119 e. The first kappa shape index (κ1) is 13.4. The lowest BCUT2D eigenvalue weighted by Gasteiger charge is -2.19. The Hall–Kier alpha value is -1.06. The maximum atomic E-state index is 5.89. The number of rotatable bonds is 4. The fraction of sp³-hybridized carbons (Fsp3) is 0.600. The van der Waals surface area contributed by atoms with Crippen molar-refractivity contribution in [3.05, 3.63) is 29.8 Å². The molecule has 1 aromatic carbocycles. The summed E-state index contributed by atoms with van der Waals surface area (Å²) in [6.45, 7) is 6.86. The van der Waals surface area contributed by atoms with E-state index in [1.807, 2.05) is 31.2 Å². The van der Waals surface area contributed by atoms with Crippen LogP contribution in [-0.4, -0.2) is 18.3 Å². The second kappa shape index (κ2) is 5.29. The Labute approximate surface area is 109 Å². The molecule has 0 aliphatic carbocycles. The summed E-state index contributed by atoms with van der Waals surface area (Å²) >= 11 is 0. The molecule has 0 aromatic heterocycles. The molecule has 0 saturated carbocycles. The zero-order valence-electron chi connectivity index (χ0n) is 11.5. The van der Waals surface area contributed by atoms with Crippen molar-refractivity contribution >= 4 is 0 Å². The average Bonchev–Trinajstić information content (AvgIpc) is 2.67. The molecule has 1 aliphatic heterocycles. The largest absolute Gasteiger partial charge is 0.491 e. The Kier molecular flexibility index (Phi) is 3.93. The van der Waals surface area contributed by atoms with Crippen LogP contribution in [-0.2, 0) is 4.74 Å². The molecule has 1 aromatic rings. The second-order valence-corrected chi connectivity index (χ2v) is 5.71. The Morgan fingerprint density at radius 3 is 2.56 bits per heavy atom. The molecule has 3 heteroatoms. The molecule has 2 rings (SSSR count). The molecule has 1 unspecified atom stereocenters. The van der Waals surface area contributed by atoms with Gasteiger partial charge in [0.05, 0.1) is 11.7 Å². The van der Waals surface area contributed by atoms with Gasteiger partial charge in [0.2, 0.25) is 0 Å². The Balaban J connectivity index is 1.84. The van der Waals surface area contributed by atoms with Crippen LogP contribution < -0.4 is 10.5 Å². The molecule has 0 bridgehead atoms. The number of hydrogen-bond acceptors (Lipinski definition) is 3. The summed E-state index contributed by atoms with van der Waals surface area (Å²) in [5.41, 5.74) is 6.94. The summed E-state index contributed by atoms with van der Waals surface area (Å²) < 4.78 is 11.6. The van der Waals surface area contributed by atoms with Gasteiger partial charge in [-0.15, -0.1) is 0 Å². The fourth-order valence-electron chi connectivity index (χ4n) is 2.25. The van der Waals surface area contributed by atoms with E-state index in [-0.39, 0.29) is 17.7 Å². The standard InChI is InChI=1S/C15H23NO2/c1-11(16)12-4-6-13(7-5-12)17-10-14-8-9-15(2,3)18-14/h4-7,11,14H,8-10,16H2,1-3H3/t11-,14?/m1/s1. The molecule has 0 amide bonds. The quantitative estimate of drug-likeness (QED) is 0.892. The van der Waals surface area contributed by atoms with Gasteiger partial charge in [-0.05, 0) is 51.3 Å². The maximum absolute atomic E-state index is 5.89. The van der Waals surface area contributed by atoms with E-state index >= 15 is 0 Å². The fourth-order valence-corrected chi connectivity index (χ4v) is 2.25. The van der Waals surface area contributed by atoms with Crippen molar-refractivity contribution in [1.29, 1.82) is 0 Å². The zero-order valence-corrected chi connectivity index (χ0v) is 11.5. The summed E-state index contributed by atoms with van der Waals surface area (Å²) in [5.74, 6) is 0.882. The summed E-state index contributed by atoms with van der Waals surface area (Å²) in [5, 5.41) is 0. The smallest absolute Gasteiger partial charge is 0.119 e. The van der Waals surface area contributed by atoms with Gasteiger partial charge in [-0.25, -0.2) is 0 Å². The molecule has 0 radical (unpaired) electrons. The molecule has 2 atom stereocenters. The van der Waals surface area contributed by atoms with Gasteiger partial charge in [-0.1, -0.05) is 12.1 Å². The Morgan fingerprint density at radius 2 is 2.06 bits per heavy atom. The highest BCUT2D eigenvalue weighted by Gasteiger charge is 2.31. The van der Waals surface area contributed by atoms with Gasteiger partial charge in [0.15, 0.2) is 0 Å². The van der Waals surface area contributed by atoms with Crippen LogP contribution in [0.2, 0.25) is 0 Å². The van der Waals surface area contributed by atoms with Crippen LogP contribution in [0.5, 0.6) is 5.75 Å². The molecule has 1 fully saturated rings. The van der Waals surface area contributed by atoms with Crippen LogP contribution in [0.4, 0.5) is 0 Å². The normalized spacial score (nSPS) is 23.9. The van der Waals surface area contributed by atoms with Crippen LogP contribution in [0.25, 0.3) is 0 Å². The molecular formula is C15H23NO2. The van der Waals surface area contributed by atoms with Gasteiger partial charge in [0, 0.05) is 6.04 Å². The molecule has 1 aliphatic rings. The molecule has 1 saturated heterocycles. The van der Waals surface area contributed by atoms with Gasteiger partial charge in [-0.3, -0.25) is 0 Å². The lowest BCUT2D eigenvalue weighted by atomic mass is 10.1. The number of hydrogen-bond donors (Lipinski definition) is 1. The van der Waals surface area contributed by atoms with Crippen LogP contribution >= 0.6 is 0 Å². The minimum atomic E-state index is 0.00681. The molecule has 1 heterocycles. The van der Waals surface area contributed by atoms with Crippen molar-refractivity contribution < 1.29 is 9.47 Å². The predicted octanol–water partition coefficient (Wildman–Crippen LogP) is 3.04. The van der Waals surface area contributed by atoms with E-state index in [0.29, 0.717) is 6.61 Å². The second-order valence-electron chi connectivity index (χ2n) is 5.71. The van der Waals surface area contributed by atoms with E-state index in [1.54, 1.807) is 0 Å². The summed E-state index contributed by atoms with van der Waals surface area (Å²) in [4.78, 5) is 0. The lowest BCUT2D eigenvalue weighted by Crippen LogP contribution is -2.23. The minimum Gasteiger partial charge on any atom is -0.491 e. The molecule has 0 spiro atoms. The Bertz CT molecular complexity index is 384. The van der Waals surface area contributed by atoms with E-state index in [1.165, 1.54) is 0 Å². The van der Waals surface area contributed by atoms with Gasteiger partial charge < -0.3 is 15.2 Å². The molecular weight excluding hydrogens is 226 g/mol. The number of nitrogens with two attached hydrogens (primary N) is 1. The van der Waals surface area contributed by atoms with Gasteiger partial charge in [0.25, 0.3) is 0 Å². The average molecular weight is 249 g/mol. The van der Waals surface area contributed by atoms with E-state index in [0.717, 1.165) is 24.2 Å². The summed E-state index contributed by atoms with van der Waals surface area (Å²) in [7, 11) is 0. The van der Waals surface area contributed by atoms with Gasteiger partial charge >= 0.3 is 0 Å². The highest BCUT2D eigenvalue weighted by Crippen LogP contribution is 2.29. The van der Waals surface area contributed by atoms with Gasteiger partial charge in [-0.2, -0.15) is 0 Å². The zero-order chi connectivity index (χ0) is 13.2. The van der Waals surface area contributed by atoms with E-state index in [4.69, 9.17) is 15.2 Å². The van der Waals surface area contributed by atoms with Crippen molar-refractivity contribution in [2.24, 2.45) is 5.73 Å². The molecule has 18 heavy (non-hydrogen) atoms. The molecule has 3 nitrogen and oxygen atoms in total. The third-order valence-corrected chi connectivity index (χ3v) is 3.40. The first-order valence-corrected chi connectivity index (χ1v) is 6.62. The Morgan fingerprint density at radius 1 is 1.39 bits per heavy atom. The van der Waals surface area contributed by atoms with Crippen LogP contribution in [0.3, 0.4) is 0 Å². The van der Waals surface area contributed by atoms with Crippen molar-refractivity contribution in [2.75, 3.05) is 6.61 Å². The van der Waals surface area contributed by atoms with Crippen LogP contribution in [0.15, 0.2) is 24.3 Å². The lowest BCUT2D eigenvalue weighted by molar-refractivity contribution is -0.0326. The first-order chi connectivity index (χ1) is 8.46. The molecule has 2 N–H and O–H groups in total. The highest BCUT2D eigenvalue weighted by molar-refractivity contribution is 5.28. The monoisotopic (exact) mass is 249 g/mol. The first-order valence-electron chi connectivity index (χ1n) is 6.62. The van der Waals surface area contributed by atoms with Crippen molar-refractivity contribution in [3.63, 3.8) is 0 Å². The summed E-state index contributed by atoms with van der Waals surface area (Å²) in [6, 6.07) is 8.04. The van der Waals surface area contributed by atoms with Crippen molar-refractivity contribution in [1.82, 2.24) is 0 Å². The SMILES string of the molecule is C[C@@H](N)c1ccc(OCC2CCC(C)(C)O2)cc1. The van der Waals surface area contributed by atoms with Crippen molar-refractivity contribution in [2.45, 2.75) is 51.4 Å². The van der Waals surface area contributed by atoms with Crippen molar-refractivity contribution in [3.8, 4) is 5.75 Å². The predicted molar refractivity (Wildman–Crippen MR) is 72.7 cm³/mol. The number of ether oxygens (including phenoxy) is 2. The highest BCUT2D eigenvalue weighted by atomic mass is 16.6. The minimum absolute atomic E-state index is 0.00681. The van der Waals surface area contributed by atoms with E-state index < -0.39 is 0 Å². The topological polar surface area (TPSA) is 44.5 Å². The summed E-state index contributed by atoms with van der Waals surface area (Å²) in [6.07, 6.45) is 2.39. The third-order valence-electron chi connectivity index (χ3n) is 3.40. The third kappa shape index (κ3) is 3.47. The van der Waals surface area contributed by atoms with E-state index in [2.05, 4.69) is 13.8 Å². The molecule has 100 valence electrons. The van der Waals surface area contributed by atoms with E-state index in [9.17, 15) is 0 Å². The van der Waals surface area contributed by atoms with Crippen LogP contribution in [0, 0.1) is 0 Å².